The molecule has 0 aliphatic rings. The zero-order valence-corrected chi connectivity index (χ0v) is 10.6. The maximum absolute atomic E-state index is 11.5. The minimum Gasteiger partial charge on any atom is -0.444 e. The van der Waals surface area contributed by atoms with Gasteiger partial charge in [0.25, 0.3) is 0 Å². The molecule has 0 aromatic carbocycles. The van der Waals surface area contributed by atoms with Gasteiger partial charge in [0.15, 0.2) is 0 Å². The summed E-state index contributed by atoms with van der Waals surface area (Å²) in [5, 5.41) is 6.67. The van der Waals surface area contributed by atoms with Crippen LogP contribution < -0.4 is 11.1 Å². The van der Waals surface area contributed by atoms with Gasteiger partial charge in [0.2, 0.25) is 0 Å². The van der Waals surface area contributed by atoms with Gasteiger partial charge < -0.3 is 15.8 Å². The van der Waals surface area contributed by atoms with Crippen molar-refractivity contribution in [1.82, 2.24) is 5.32 Å². The minimum atomic E-state index is -0.488. The molecule has 1 unspecified atom stereocenters. The summed E-state index contributed by atoms with van der Waals surface area (Å²) in [6.45, 7) is 5.84. The van der Waals surface area contributed by atoms with Crippen LogP contribution in [0.2, 0.25) is 0 Å². The summed E-state index contributed by atoms with van der Waals surface area (Å²) in [7, 11) is 0. The Labute approximate surface area is 99.8 Å². The average Bonchev–Trinajstić information content (AvgIpc) is 2.63. The van der Waals surface area contributed by atoms with Gasteiger partial charge in [-0.3, -0.25) is 0 Å². The van der Waals surface area contributed by atoms with Gasteiger partial charge in [-0.15, -0.1) is 0 Å². The van der Waals surface area contributed by atoms with Gasteiger partial charge in [-0.05, 0) is 43.2 Å². The summed E-state index contributed by atoms with van der Waals surface area (Å²) in [6.07, 6.45) is -0.436. The second-order valence-electron chi connectivity index (χ2n) is 4.49. The summed E-state index contributed by atoms with van der Waals surface area (Å²) < 4.78 is 5.17. The normalized spacial score (nSPS) is 13.2. The molecule has 0 aliphatic carbocycles. The predicted molar refractivity (Wildman–Crippen MR) is 65.5 cm³/mol. The van der Waals surface area contributed by atoms with E-state index in [1.165, 1.54) is 0 Å². The molecule has 0 spiro atoms. The number of rotatable bonds is 3. The number of ether oxygens (including phenoxy) is 1. The van der Waals surface area contributed by atoms with Crippen molar-refractivity contribution in [3.63, 3.8) is 0 Å². The highest BCUT2D eigenvalue weighted by Gasteiger charge is 2.19. The van der Waals surface area contributed by atoms with Gasteiger partial charge in [-0.2, -0.15) is 11.3 Å². The fourth-order valence-electron chi connectivity index (χ4n) is 1.20. The Kier molecular flexibility index (Phi) is 4.32. The largest absolute Gasteiger partial charge is 0.444 e. The van der Waals surface area contributed by atoms with E-state index in [2.05, 4.69) is 5.32 Å². The number of hydrogen-bond acceptors (Lipinski definition) is 4. The van der Waals surface area contributed by atoms with Crippen molar-refractivity contribution >= 4 is 17.4 Å². The number of hydrogen-bond donors (Lipinski definition) is 2. The lowest BCUT2D eigenvalue weighted by Crippen LogP contribution is -2.37. The molecule has 1 aromatic heterocycles. The fourth-order valence-corrected chi connectivity index (χ4v) is 1.92. The van der Waals surface area contributed by atoms with E-state index in [0.717, 1.165) is 5.56 Å². The van der Waals surface area contributed by atoms with Crippen molar-refractivity contribution in [3.05, 3.63) is 22.4 Å². The predicted octanol–water partition coefficient (Wildman–Crippen LogP) is 2.27. The number of nitrogens with one attached hydrogen (secondary N) is 1. The summed E-state index contributed by atoms with van der Waals surface area (Å²) in [6, 6.07) is 1.76. The van der Waals surface area contributed by atoms with Crippen LogP contribution in [0.1, 0.15) is 32.4 Å². The third-order valence-electron chi connectivity index (χ3n) is 1.87. The molecule has 0 saturated carbocycles. The fraction of sp³-hybridized carbons (Fsp3) is 0.545. The Hall–Kier alpha value is -1.07. The molecule has 1 heterocycles. The number of thiophene rings is 1. The quantitative estimate of drug-likeness (QED) is 0.854. The van der Waals surface area contributed by atoms with Crippen molar-refractivity contribution in [1.29, 1.82) is 0 Å². The number of carbonyl (C=O) groups excluding carboxylic acids is 1. The minimum absolute atomic E-state index is 0.180. The number of alkyl carbamates (subject to hydrolysis) is 1. The van der Waals surface area contributed by atoms with Crippen molar-refractivity contribution in [2.45, 2.75) is 32.4 Å². The van der Waals surface area contributed by atoms with Crippen molar-refractivity contribution in [2.24, 2.45) is 5.73 Å². The summed E-state index contributed by atoms with van der Waals surface area (Å²) >= 11 is 1.58. The van der Waals surface area contributed by atoms with Gasteiger partial charge in [0, 0.05) is 6.54 Å². The van der Waals surface area contributed by atoms with Gasteiger partial charge >= 0.3 is 6.09 Å². The van der Waals surface area contributed by atoms with Crippen LogP contribution in [0, 0.1) is 0 Å². The molecule has 1 aromatic rings. The Balaban J connectivity index is 2.55. The Morgan fingerprint density at radius 1 is 1.62 bits per heavy atom. The second kappa shape index (κ2) is 5.32. The highest BCUT2D eigenvalue weighted by molar-refractivity contribution is 7.07. The van der Waals surface area contributed by atoms with E-state index in [-0.39, 0.29) is 6.04 Å². The third-order valence-corrected chi connectivity index (χ3v) is 2.57. The Morgan fingerprint density at radius 2 is 2.31 bits per heavy atom. The zero-order chi connectivity index (χ0) is 12.2. The number of nitrogens with two attached hydrogens (primary N) is 1. The first kappa shape index (κ1) is 13.0. The number of amides is 1. The van der Waals surface area contributed by atoms with Gasteiger partial charge in [0.1, 0.15) is 5.60 Å². The maximum Gasteiger partial charge on any atom is 0.408 e. The van der Waals surface area contributed by atoms with Crippen LogP contribution in [-0.4, -0.2) is 18.2 Å². The summed E-state index contributed by atoms with van der Waals surface area (Å²) in [5.74, 6) is 0. The summed E-state index contributed by atoms with van der Waals surface area (Å²) in [4.78, 5) is 11.5. The van der Waals surface area contributed by atoms with E-state index in [1.807, 2.05) is 37.6 Å². The van der Waals surface area contributed by atoms with Crippen molar-refractivity contribution in [3.8, 4) is 0 Å². The lowest BCUT2D eigenvalue weighted by atomic mass is 10.1. The lowest BCUT2D eigenvalue weighted by Gasteiger charge is -2.22. The second-order valence-corrected chi connectivity index (χ2v) is 5.27. The molecule has 0 bridgehead atoms. The van der Waals surface area contributed by atoms with Crippen LogP contribution in [0.4, 0.5) is 4.79 Å². The SMILES string of the molecule is CC(C)(C)OC(=O)NC(CN)c1ccsc1. The lowest BCUT2D eigenvalue weighted by molar-refractivity contribution is 0.0505. The van der Waals surface area contributed by atoms with Gasteiger partial charge in [-0.1, -0.05) is 0 Å². The zero-order valence-electron chi connectivity index (χ0n) is 9.82. The molecule has 0 saturated heterocycles. The molecule has 4 nitrogen and oxygen atoms in total. The van der Waals surface area contributed by atoms with Crippen LogP contribution in [0.25, 0.3) is 0 Å². The molecule has 0 radical (unpaired) electrons. The van der Waals surface area contributed by atoms with E-state index in [1.54, 1.807) is 11.3 Å². The molecule has 5 heteroatoms. The maximum atomic E-state index is 11.5. The Morgan fingerprint density at radius 3 is 2.75 bits per heavy atom. The van der Waals surface area contributed by atoms with Crippen LogP contribution >= 0.6 is 11.3 Å². The van der Waals surface area contributed by atoms with Crippen LogP contribution in [0.5, 0.6) is 0 Å². The summed E-state index contributed by atoms with van der Waals surface area (Å²) in [5.41, 5.74) is 6.13. The first-order valence-corrected chi connectivity index (χ1v) is 6.08. The smallest absolute Gasteiger partial charge is 0.408 e. The van der Waals surface area contributed by atoms with E-state index >= 15 is 0 Å². The molecular weight excluding hydrogens is 224 g/mol. The first-order chi connectivity index (χ1) is 7.42. The molecule has 0 aliphatic heterocycles. The molecular formula is C11H18N2O2S. The highest BCUT2D eigenvalue weighted by Crippen LogP contribution is 2.16. The topological polar surface area (TPSA) is 64.3 Å². The monoisotopic (exact) mass is 242 g/mol. The first-order valence-electron chi connectivity index (χ1n) is 5.14. The molecule has 1 rings (SSSR count). The number of carbonyl (C=O) groups is 1. The van der Waals surface area contributed by atoms with Gasteiger partial charge in [0.05, 0.1) is 6.04 Å². The standard InChI is InChI=1S/C11H18N2O2S/c1-11(2,3)15-10(14)13-9(6-12)8-4-5-16-7-8/h4-5,7,9H,6,12H2,1-3H3,(H,13,14). The van der Waals surface area contributed by atoms with E-state index in [0.29, 0.717) is 6.54 Å². The van der Waals surface area contributed by atoms with Crippen LogP contribution in [0.15, 0.2) is 16.8 Å². The molecule has 16 heavy (non-hydrogen) atoms. The average molecular weight is 242 g/mol. The molecule has 90 valence electrons. The van der Waals surface area contributed by atoms with E-state index in [9.17, 15) is 4.79 Å². The molecule has 1 amide bonds. The molecule has 0 fully saturated rings. The van der Waals surface area contributed by atoms with Crippen molar-refractivity contribution in [2.75, 3.05) is 6.54 Å². The molecule has 1 atom stereocenters. The van der Waals surface area contributed by atoms with Crippen LogP contribution in [-0.2, 0) is 4.74 Å². The van der Waals surface area contributed by atoms with E-state index in [4.69, 9.17) is 10.5 Å². The van der Waals surface area contributed by atoms with Gasteiger partial charge in [-0.25, -0.2) is 4.79 Å². The molecule has 3 N–H and O–H groups in total. The Bertz CT molecular complexity index is 330. The van der Waals surface area contributed by atoms with Crippen molar-refractivity contribution < 1.29 is 9.53 Å². The highest BCUT2D eigenvalue weighted by atomic mass is 32.1. The van der Waals surface area contributed by atoms with E-state index < -0.39 is 11.7 Å². The van der Waals surface area contributed by atoms with Crippen LogP contribution in [0.3, 0.4) is 0 Å². The third kappa shape index (κ3) is 4.20.